The lowest BCUT2D eigenvalue weighted by Gasteiger charge is -2.25. The molecule has 31 heavy (non-hydrogen) atoms. The molecule has 9 nitrogen and oxygen atoms in total. The standard InChI is InChI=1S/C21H31N7O2.HI/c1-4-23-21(24-11-10-15-6-5-7-16(12-15)20(29)22-2)25-17-8-9-19-26-18(14-30-3)27-28(19)13-17;/h5-7,12,17H,4,8-11,13-14H2,1-3H3,(H,22,29)(H2,23,24,25);1H. The van der Waals surface area contributed by atoms with Gasteiger partial charge in [-0.2, -0.15) is 5.10 Å². The van der Waals surface area contributed by atoms with Crippen LogP contribution in [0.1, 0.15) is 40.9 Å². The van der Waals surface area contributed by atoms with E-state index in [-0.39, 0.29) is 35.9 Å². The molecule has 0 aliphatic carbocycles. The zero-order valence-corrected chi connectivity index (χ0v) is 20.7. The van der Waals surface area contributed by atoms with Crippen molar-refractivity contribution in [2.24, 2.45) is 4.99 Å². The molecular weight excluding hydrogens is 509 g/mol. The summed E-state index contributed by atoms with van der Waals surface area (Å²) in [7, 11) is 3.29. The predicted molar refractivity (Wildman–Crippen MR) is 131 cm³/mol. The van der Waals surface area contributed by atoms with Gasteiger partial charge < -0.3 is 20.7 Å². The third-order valence-electron chi connectivity index (χ3n) is 4.95. The van der Waals surface area contributed by atoms with Gasteiger partial charge in [0.2, 0.25) is 0 Å². The number of fused-ring (bicyclic) bond motifs is 1. The third kappa shape index (κ3) is 7.17. The molecule has 1 aliphatic rings. The van der Waals surface area contributed by atoms with E-state index in [4.69, 9.17) is 9.73 Å². The number of carbonyl (C=O) groups excluding carboxylic acids is 1. The maximum atomic E-state index is 11.8. The fourth-order valence-corrected chi connectivity index (χ4v) is 3.49. The summed E-state index contributed by atoms with van der Waals surface area (Å²) >= 11 is 0. The number of nitrogens with one attached hydrogen (secondary N) is 3. The molecule has 3 N–H and O–H groups in total. The largest absolute Gasteiger partial charge is 0.377 e. The minimum absolute atomic E-state index is 0. The van der Waals surface area contributed by atoms with E-state index in [1.807, 2.05) is 28.9 Å². The zero-order valence-electron chi connectivity index (χ0n) is 18.4. The number of nitrogens with zero attached hydrogens (tertiary/aromatic N) is 4. The molecule has 0 radical (unpaired) electrons. The molecule has 3 rings (SSSR count). The van der Waals surface area contributed by atoms with Crippen LogP contribution in [0.3, 0.4) is 0 Å². The Bertz CT molecular complexity index is 884. The highest BCUT2D eigenvalue weighted by Gasteiger charge is 2.22. The Labute approximate surface area is 200 Å². The molecular formula is C21H32IN7O2. The van der Waals surface area contributed by atoms with Crippen molar-refractivity contribution in [3.8, 4) is 0 Å². The molecule has 1 aliphatic heterocycles. The van der Waals surface area contributed by atoms with E-state index in [1.54, 1.807) is 14.2 Å². The van der Waals surface area contributed by atoms with E-state index in [9.17, 15) is 4.79 Å². The van der Waals surface area contributed by atoms with Crippen molar-refractivity contribution in [2.75, 3.05) is 27.2 Å². The Morgan fingerprint density at radius 3 is 2.97 bits per heavy atom. The SMILES string of the molecule is CCNC(=NCCc1cccc(C(=O)NC)c1)NC1CCc2nc(COC)nn2C1.I. The van der Waals surface area contributed by atoms with Gasteiger partial charge in [-0.15, -0.1) is 24.0 Å². The third-order valence-corrected chi connectivity index (χ3v) is 4.95. The van der Waals surface area contributed by atoms with Crippen molar-refractivity contribution in [1.29, 1.82) is 0 Å². The van der Waals surface area contributed by atoms with Gasteiger partial charge in [-0.1, -0.05) is 12.1 Å². The molecule has 1 amide bonds. The normalized spacial score (nSPS) is 15.6. The fraction of sp³-hybridized carbons (Fsp3) is 0.524. The van der Waals surface area contributed by atoms with E-state index < -0.39 is 0 Å². The molecule has 1 aromatic carbocycles. The second-order valence-electron chi connectivity index (χ2n) is 7.23. The van der Waals surface area contributed by atoms with Gasteiger partial charge in [0.1, 0.15) is 12.4 Å². The van der Waals surface area contributed by atoms with Crippen LogP contribution < -0.4 is 16.0 Å². The van der Waals surface area contributed by atoms with E-state index in [0.717, 1.165) is 55.5 Å². The maximum absolute atomic E-state index is 11.8. The van der Waals surface area contributed by atoms with Crippen molar-refractivity contribution in [1.82, 2.24) is 30.7 Å². The summed E-state index contributed by atoms with van der Waals surface area (Å²) in [6.07, 6.45) is 2.61. The van der Waals surface area contributed by atoms with Gasteiger partial charge in [-0.05, 0) is 37.5 Å². The average Bonchev–Trinajstić information content (AvgIpc) is 3.15. The zero-order chi connectivity index (χ0) is 21.3. The Balaban J connectivity index is 0.00000341. The van der Waals surface area contributed by atoms with Crippen LogP contribution in [0.25, 0.3) is 0 Å². The molecule has 0 bridgehead atoms. The summed E-state index contributed by atoms with van der Waals surface area (Å²) in [5.74, 6) is 2.46. The van der Waals surface area contributed by atoms with Crippen molar-refractivity contribution in [3.05, 3.63) is 47.0 Å². The number of rotatable bonds is 8. The summed E-state index contributed by atoms with van der Waals surface area (Å²) in [6.45, 7) is 4.66. The Morgan fingerprint density at radius 2 is 2.23 bits per heavy atom. The van der Waals surface area contributed by atoms with Crippen LogP contribution in [0.4, 0.5) is 0 Å². The van der Waals surface area contributed by atoms with E-state index in [1.165, 1.54) is 0 Å². The van der Waals surface area contributed by atoms with Crippen LogP contribution in [-0.2, 0) is 30.7 Å². The molecule has 170 valence electrons. The smallest absolute Gasteiger partial charge is 0.251 e. The molecule has 10 heteroatoms. The Kier molecular flexibility index (Phi) is 10.2. The molecule has 2 aromatic rings. The quantitative estimate of drug-likeness (QED) is 0.266. The molecule has 0 saturated carbocycles. The minimum Gasteiger partial charge on any atom is -0.377 e. The summed E-state index contributed by atoms with van der Waals surface area (Å²) in [6, 6.07) is 7.90. The molecule has 2 heterocycles. The number of carbonyl (C=O) groups is 1. The first-order valence-corrected chi connectivity index (χ1v) is 10.4. The topological polar surface area (TPSA) is 105 Å². The van der Waals surface area contributed by atoms with Gasteiger partial charge in [0, 0.05) is 45.3 Å². The summed E-state index contributed by atoms with van der Waals surface area (Å²) in [4.78, 5) is 21.0. The predicted octanol–water partition coefficient (Wildman–Crippen LogP) is 1.51. The Morgan fingerprint density at radius 1 is 1.39 bits per heavy atom. The lowest BCUT2D eigenvalue weighted by Crippen LogP contribution is -2.47. The average molecular weight is 541 g/mol. The number of amides is 1. The number of guanidine groups is 1. The highest BCUT2D eigenvalue weighted by Crippen LogP contribution is 2.13. The van der Waals surface area contributed by atoms with Crippen molar-refractivity contribution >= 4 is 35.8 Å². The summed E-state index contributed by atoms with van der Waals surface area (Å²) < 4.78 is 7.09. The second kappa shape index (κ2) is 12.6. The number of methoxy groups -OCH3 is 1. The summed E-state index contributed by atoms with van der Waals surface area (Å²) in [5, 5.41) is 14.0. The highest BCUT2D eigenvalue weighted by molar-refractivity contribution is 14.0. The van der Waals surface area contributed by atoms with Crippen LogP contribution in [0, 0.1) is 0 Å². The number of ether oxygens (including phenoxy) is 1. The number of hydrogen-bond donors (Lipinski definition) is 3. The first-order valence-electron chi connectivity index (χ1n) is 10.4. The van der Waals surface area contributed by atoms with E-state index in [0.29, 0.717) is 18.7 Å². The fourth-order valence-electron chi connectivity index (χ4n) is 3.49. The van der Waals surface area contributed by atoms with Crippen LogP contribution in [0.5, 0.6) is 0 Å². The number of aromatic nitrogens is 3. The molecule has 0 fully saturated rings. The van der Waals surface area contributed by atoms with E-state index >= 15 is 0 Å². The molecule has 1 unspecified atom stereocenters. The number of aliphatic imine (C=N–C) groups is 1. The highest BCUT2D eigenvalue weighted by atomic mass is 127. The monoisotopic (exact) mass is 541 g/mol. The number of hydrogen-bond acceptors (Lipinski definition) is 5. The van der Waals surface area contributed by atoms with Gasteiger partial charge in [0.15, 0.2) is 11.8 Å². The number of aryl methyl sites for hydroxylation is 1. The van der Waals surface area contributed by atoms with Crippen LogP contribution >= 0.6 is 24.0 Å². The van der Waals surface area contributed by atoms with Crippen molar-refractivity contribution < 1.29 is 9.53 Å². The maximum Gasteiger partial charge on any atom is 0.251 e. The van der Waals surface area contributed by atoms with Crippen molar-refractivity contribution in [2.45, 2.75) is 45.4 Å². The molecule has 1 atom stereocenters. The van der Waals surface area contributed by atoms with Gasteiger partial charge in [0.05, 0.1) is 6.54 Å². The van der Waals surface area contributed by atoms with Gasteiger partial charge in [-0.3, -0.25) is 9.79 Å². The second-order valence-corrected chi connectivity index (χ2v) is 7.23. The first-order chi connectivity index (χ1) is 14.6. The first kappa shape index (κ1) is 25.1. The van der Waals surface area contributed by atoms with Gasteiger partial charge in [0.25, 0.3) is 5.91 Å². The minimum atomic E-state index is -0.0752. The molecule has 1 aromatic heterocycles. The van der Waals surface area contributed by atoms with E-state index in [2.05, 4.69) is 33.0 Å². The van der Waals surface area contributed by atoms with Crippen LogP contribution in [0.15, 0.2) is 29.3 Å². The van der Waals surface area contributed by atoms with Gasteiger partial charge in [-0.25, -0.2) is 9.67 Å². The van der Waals surface area contributed by atoms with Gasteiger partial charge >= 0.3 is 0 Å². The molecule has 0 spiro atoms. The Hall–Kier alpha value is -2.21. The lowest BCUT2D eigenvalue weighted by molar-refractivity contribution is 0.0963. The molecule has 0 saturated heterocycles. The summed E-state index contributed by atoms with van der Waals surface area (Å²) in [5.41, 5.74) is 1.76. The van der Waals surface area contributed by atoms with Crippen molar-refractivity contribution in [3.63, 3.8) is 0 Å². The van der Waals surface area contributed by atoms with Crippen LogP contribution in [0.2, 0.25) is 0 Å². The number of halogens is 1. The number of benzene rings is 1. The lowest BCUT2D eigenvalue weighted by atomic mass is 10.1. The van der Waals surface area contributed by atoms with Crippen LogP contribution in [-0.4, -0.2) is 59.9 Å².